The van der Waals surface area contributed by atoms with Crippen LogP contribution in [-0.4, -0.2) is 50.0 Å². The number of aryl methyl sites for hydroxylation is 2. The lowest BCUT2D eigenvalue weighted by atomic mass is 10.1. The monoisotopic (exact) mass is 501 g/mol. The van der Waals surface area contributed by atoms with E-state index < -0.39 is 16.1 Å². The average Bonchev–Trinajstić information content (AvgIpc) is 2.78. The molecule has 0 saturated heterocycles. The number of carbonyl (C=O) groups is 2. The highest BCUT2D eigenvalue weighted by molar-refractivity contribution is 7.92. The van der Waals surface area contributed by atoms with E-state index in [9.17, 15) is 18.0 Å². The van der Waals surface area contributed by atoms with Gasteiger partial charge in [-0.15, -0.1) is 0 Å². The van der Waals surface area contributed by atoms with Crippen molar-refractivity contribution in [3.05, 3.63) is 65.2 Å². The molecule has 2 aromatic rings. The molecule has 2 aromatic carbocycles. The molecule has 0 bridgehead atoms. The van der Waals surface area contributed by atoms with Crippen molar-refractivity contribution < 1.29 is 18.0 Å². The topological polar surface area (TPSA) is 86.8 Å². The molecule has 2 rings (SSSR count). The Bertz CT molecular complexity index is 1080. The third-order valence-electron chi connectivity index (χ3n) is 6.01. The van der Waals surface area contributed by atoms with Crippen LogP contribution in [0, 0.1) is 13.8 Å². The summed E-state index contributed by atoms with van der Waals surface area (Å²) >= 11 is 0. The van der Waals surface area contributed by atoms with Crippen LogP contribution < -0.4 is 9.62 Å². The van der Waals surface area contributed by atoms with E-state index in [1.54, 1.807) is 11.8 Å². The number of nitrogens with one attached hydrogen (secondary N) is 1. The van der Waals surface area contributed by atoms with Gasteiger partial charge in [0, 0.05) is 25.6 Å². The molecule has 0 saturated carbocycles. The first kappa shape index (κ1) is 28.4. The van der Waals surface area contributed by atoms with E-state index in [1.165, 1.54) is 10.6 Å². The molecule has 192 valence electrons. The zero-order valence-electron chi connectivity index (χ0n) is 21.7. The quantitative estimate of drug-likeness (QED) is 0.473. The molecule has 8 heteroatoms. The Morgan fingerprint density at radius 3 is 2.14 bits per heavy atom. The lowest BCUT2D eigenvalue weighted by Crippen LogP contribution is -2.49. The SMILES string of the molecule is CC[C@H](C)NC(=O)[C@H](C)N(Cc1ccccc1)C(=O)CCCN(c1cc(C)cc(C)c1)S(C)(=O)=O. The highest BCUT2D eigenvalue weighted by Gasteiger charge is 2.27. The number of benzene rings is 2. The Morgan fingerprint density at radius 2 is 1.60 bits per heavy atom. The first-order valence-corrected chi connectivity index (χ1v) is 14.0. The normalized spacial score (nSPS) is 13.1. The minimum atomic E-state index is -3.52. The summed E-state index contributed by atoms with van der Waals surface area (Å²) in [6.07, 6.45) is 2.44. The molecule has 0 aromatic heterocycles. The predicted molar refractivity (Wildman–Crippen MR) is 142 cm³/mol. The maximum atomic E-state index is 13.3. The summed E-state index contributed by atoms with van der Waals surface area (Å²) in [4.78, 5) is 27.7. The number of carbonyl (C=O) groups excluding carboxylic acids is 2. The number of sulfonamides is 1. The minimum Gasteiger partial charge on any atom is -0.352 e. The molecule has 0 fully saturated rings. The Kier molecular flexibility index (Phi) is 10.3. The molecule has 1 N–H and O–H groups in total. The number of anilines is 1. The first-order valence-electron chi connectivity index (χ1n) is 12.1. The zero-order valence-corrected chi connectivity index (χ0v) is 22.6. The summed E-state index contributed by atoms with van der Waals surface area (Å²) in [5.74, 6) is -0.383. The number of nitrogens with zero attached hydrogens (tertiary/aromatic N) is 2. The molecule has 0 spiro atoms. The van der Waals surface area contributed by atoms with Gasteiger partial charge in [0.1, 0.15) is 6.04 Å². The summed E-state index contributed by atoms with van der Waals surface area (Å²) in [6.45, 7) is 9.99. The van der Waals surface area contributed by atoms with Crippen LogP contribution in [0.4, 0.5) is 5.69 Å². The third-order valence-corrected chi connectivity index (χ3v) is 7.20. The van der Waals surface area contributed by atoms with Crippen molar-refractivity contribution >= 4 is 27.5 Å². The molecule has 0 aliphatic rings. The maximum Gasteiger partial charge on any atom is 0.242 e. The van der Waals surface area contributed by atoms with Crippen LogP contribution in [0.25, 0.3) is 0 Å². The molecular weight excluding hydrogens is 462 g/mol. The standard InChI is InChI=1S/C27H39N3O4S/c1-7-22(4)28-27(32)23(5)29(19-24-12-9-8-10-13-24)26(31)14-11-15-30(35(6,33)34)25-17-20(2)16-21(3)18-25/h8-10,12-13,16-18,22-23H,7,11,14-15,19H2,1-6H3,(H,28,32)/t22-,23-/m0/s1. The molecule has 2 atom stereocenters. The van der Waals surface area contributed by atoms with Crippen LogP contribution in [0.2, 0.25) is 0 Å². The molecule has 0 heterocycles. The lowest BCUT2D eigenvalue weighted by molar-refractivity contribution is -0.140. The molecule has 0 radical (unpaired) electrons. The van der Waals surface area contributed by atoms with Crippen molar-refractivity contribution in [2.75, 3.05) is 17.1 Å². The van der Waals surface area contributed by atoms with E-state index in [4.69, 9.17) is 0 Å². The Hall–Kier alpha value is -2.87. The van der Waals surface area contributed by atoms with E-state index in [-0.39, 0.29) is 30.8 Å². The average molecular weight is 502 g/mol. The number of hydrogen-bond acceptors (Lipinski definition) is 4. The van der Waals surface area contributed by atoms with Gasteiger partial charge in [-0.3, -0.25) is 13.9 Å². The van der Waals surface area contributed by atoms with Crippen LogP contribution in [0.5, 0.6) is 0 Å². The molecule has 7 nitrogen and oxygen atoms in total. The maximum absolute atomic E-state index is 13.3. The number of hydrogen-bond donors (Lipinski definition) is 1. The van der Waals surface area contributed by atoms with Crippen molar-refractivity contribution in [1.82, 2.24) is 10.2 Å². The van der Waals surface area contributed by atoms with Crippen molar-refractivity contribution in [1.29, 1.82) is 0 Å². The largest absolute Gasteiger partial charge is 0.352 e. The summed E-state index contributed by atoms with van der Waals surface area (Å²) in [6, 6.07) is 14.6. The van der Waals surface area contributed by atoms with Crippen molar-refractivity contribution in [2.24, 2.45) is 0 Å². The van der Waals surface area contributed by atoms with Gasteiger partial charge in [-0.1, -0.05) is 43.3 Å². The molecule has 35 heavy (non-hydrogen) atoms. The lowest BCUT2D eigenvalue weighted by Gasteiger charge is -2.30. The van der Waals surface area contributed by atoms with E-state index in [1.807, 2.05) is 76.2 Å². The smallest absolute Gasteiger partial charge is 0.242 e. The number of rotatable bonds is 12. The van der Waals surface area contributed by atoms with Crippen molar-refractivity contribution in [2.45, 2.75) is 72.5 Å². The molecule has 0 aliphatic heterocycles. The molecule has 0 aliphatic carbocycles. The van der Waals surface area contributed by atoms with Crippen molar-refractivity contribution in [3.63, 3.8) is 0 Å². The second-order valence-electron chi connectivity index (χ2n) is 9.29. The zero-order chi connectivity index (χ0) is 26.2. The van der Waals surface area contributed by atoms with Crippen LogP contribution >= 0.6 is 0 Å². The van der Waals surface area contributed by atoms with Gasteiger partial charge < -0.3 is 10.2 Å². The van der Waals surface area contributed by atoms with Crippen LogP contribution in [-0.2, 0) is 26.2 Å². The van der Waals surface area contributed by atoms with Crippen LogP contribution in [0.3, 0.4) is 0 Å². The fourth-order valence-electron chi connectivity index (χ4n) is 3.93. The summed E-state index contributed by atoms with van der Waals surface area (Å²) in [5.41, 5.74) is 3.47. The van der Waals surface area contributed by atoms with Crippen molar-refractivity contribution in [3.8, 4) is 0 Å². The summed E-state index contributed by atoms with van der Waals surface area (Å²) < 4.78 is 26.4. The van der Waals surface area contributed by atoms with Gasteiger partial charge in [-0.25, -0.2) is 8.42 Å². The van der Waals surface area contributed by atoms with Gasteiger partial charge in [-0.2, -0.15) is 0 Å². The second-order valence-corrected chi connectivity index (χ2v) is 11.2. The fraction of sp³-hybridized carbons (Fsp3) is 0.481. The number of amides is 2. The van der Waals surface area contributed by atoms with Gasteiger partial charge >= 0.3 is 0 Å². The Balaban J connectivity index is 2.17. The molecule has 0 unspecified atom stereocenters. The molecule has 2 amide bonds. The second kappa shape index (κ2) is 12.7. The van der Waals surface area contributed by atoms with E-state index >= 15 is 0 Å². The van der Waals surface area contributed by atoms with Gasteiger partial charge in [0.25, 0.3) is 0 Å². The van der Waals surface area contributed by atoms with Crippen LogP contribution in [0.1, 0.15) is 56.7 Å². The first-order chi connectivity index (χ1) is 16.4. The Labute approximate surface area is 210 Å². The third kappa shape index (κ3) is 8.69. The summed E-state index contributed by atoms with van der Waals surface area (Å²) in [7, 11) is -3.52. The van der Waals surface area contributed by atoms with E-state index in [0.717, 1.165) is 23.1 Å². The van der Waals surface area contributed by atoms with E-state index in [0.29, 0.717) is 18.7 Å². The highest BCUT2D eigenvalue weighted by Crippen LogP contribution is 2.22. The molecular formula is C27H39N3O4S. The van der Waals surface area contributed by atoms with E-state index in [2.05, 4.69) is 5.32 Å². The van der Waals surface area contributed by atoms with Gasteiger partial charge in [0.2, 0.25) is 21.8 Å². The van der Waals surface area contributed by atoms with Gasteiger partial charge in [-0.05, 0) is 69.4 Å². The fourth-order valence-corrected chi connectivity index (χ4v) is 4.88. The predicted octanol–water partition coefficient (Wildman–Crippen LogP) is 4.18. The summed E-state index contributed by atoms with van der Waals surface area (Å²) in [5, 5.41) is 2.96. The van der Waals surface area contributed by atoms with Gasteiger partial charge in [0.15, 0.2) is 0 Å². The van der Waals surface area contributed by atoms with Gasteiger partial charge in [0.05, 0.1) is 11.9 Å². The van der Waals surface area contributed by atoms with Crippen LogP contribution in [0.15, 0.2) is 48.5 Å². The Morgan fingerprint density at radius 1 is 1.00 bits per heavy atom. The minimum absolute atomic E-state index is 0.0136. The highest BCUT2D eigenvalue weighted by atomic mass is 32.2.